The first-order valence-electron chi connectivity index (χ1n) is 5.11. The van der Waals surface area contributed by atoms with Gasteiger partial charge in [0, 0.05) is 12.3 Å². The molecule has 2 unspecified atom stereocenters. The van der Waals surface area contributed by atoms with Crippen molar-refractivity contribution in [3.05, 3.63) is 27.4 Å². The molecule has 2 rings (SSSR count). The number of halogens is 1. The Morgan fingerprint density at radius 1 is 1.67 bits per heavy atom. The lowest BCUT2D eigenvalue weighted by atomic mass is 10.1. The van der Waals surface area contributed by atoms with Crippen LogP contribution in [0.15, 0.2) is 17.1 Å². The van der Waals surface area contributed by atoms with Crippen molar-refractivity contribution in [2.24, 2.45) is 0 Å². The first-order valence-corrected chi connectivity index (χ1v) is 5.52. The number of nitrogens with zero attached hydrogens (tertiary/aromatic N) is 1. The minimum atomic E-state index is -1.33. The SMILES string of the molecule is O=c1ccn([C@H]2O[C@@H](CO)C(O)C2OF)c(=S)[nH]1. The third-order valence-corrected chi connectivity index (χ3v) is 3.03. The van der Waals surface area contributed by atoms with E-state index in [1.807, 2.05) is 0 Å². The summed E-state index contributed by atoms with van der Waals surface area (Å²) >= 11 is 4.90. The zero-order chi connectivity index (χ0) is 13.3. The van der Waals surface area contributed by atoms with E-state index >= 15 is 0 Å². The van der Waals surface area contributed by atoms with Gasteiger partial charge in [-0.15, -0.1) is 0 Å². The van der Waals surface area contributed by atoms with Crippen LogP contribution >= 0.6 is 12.2 Å². The fourth-order valence-corrected chi connectivity index (χ4v) is 2.08. The van der Waals surface area contributed by atoms with Gasteiger partial charge in [0.05, 0.1) is 6.61 Å². The number of aliphatic hydroxyl groups is 2. The van der Waals surface area contributed by atoms with Gasteiger partial charge in [0.25, 0.3) is 5.56 Å². The smallest absolute Gasteiger partial charge is 0.251 e. The molecule has 1 saturated heterocycles. The molecule has 2 heterocycles. The van der Waals surface area contributed by atoms with Gasteiger partial charge in [-0.3, -0.25) is 14.3 Å². The summed E-state index contributed by atoms with van der Waals surface area (Å²) in [5, 5.41) is 18.6. The van der Waals surface area contributed by atoms with E-state index in [-0.39, 0.29) is 4.77 Å². The van der Waals surface area contributed by atoms with Gasteiger partial charge in [-0.2, -0.15) is 4.94 Å². The van der Waals surface area contributed by atoms with Crippen LogP contribution in [0.3, 0.4) is 0 Å². The Hall–Kier alpha value is -1.13. The summed E-state index contributed by atoms with van der Waals surface area (Å²) < 4.78 is 18.9. The fourth-order valence-electron chi connectivity index (χ4n) is 1.82. The molecule has 4 atom stereocenters. The van der Waals surface area contributed by atoms with Crippen molar-refractivity contribution in [1.29, 1.82) is 0 Å². The normalized spacial score (nSPS) is 31.7. The molecule has 100 valence electrons. The Kier molecular flexibility index (Phi) is 3.88. The third kappa shape index (κ3) is 2.22. The summed E-state index contributed by atoms with van der Waals surface area (Å²) in [6.07, 6.45) is -3.42. The number of rotatable bonds is 3. The van der Waals surface area contributed by atoms with Gasteiger partial charge < -0.3 is 14.9 Å². The third-order valence-electron chi connectivity index (χ3n) is 2.72. The first-order chi connectivity index (χ1) is 8.58. The maximum absolute atomic E-state index is 12.5. The van der Waals surface area contributed by atoms with Crippen molar-refractivity contribution in [1.82, 2.24) is 9.55 Å². The van der Waals surface area contributed by atoms with E-state index in [9.17, 15) is 14.4 Å². The van der Waals surface area contributed by atoms with Crippen LogP contribution in [0.5, 0.6) is 0 Å². The minimum absolute atomic E-state index is 0.000315. The number of nitrogens with one attached hydrogen (secondary N) is 1. The van der Waals surface area contributed by atoms with Crippen molar-refractivity contribution in [3.8, 4) is 0 Å². The summed E-state index contributed by atoms with van der Waals surface area (Å²) in [4.78, 5) is 17.0. The summed E-state index contributed by atoms with van der Waals surface area (Å²) in [6.45, 7) is -0.492. The number of hydrogen-bond acceptors (Lipinski definition) is 6. The highest BCUT2D eigenvalue weighted by atomic mass is 32.1. The summed E-state index contributed by atoms with van der Waals surface area (Å²) in [5.74, 6) is 0. The van der Waals surface area contributed by atoms with Gasteiger partial charge in [0.2, 0.25) is 0 Å². The van der Waals surface area contributed by atoms with Crippen molar-refractivity contribution in [3.63, 3.8) is 0 Å². The van der Waals surface area contributed by atoms with Crippen LogP contribution in [0.1, 0.15) is 6.23 Å². The second kappa shape index (κ2) is 5.24. The van der Waals surface area contributed by atoms with Crippen LogP contribution in [-0.2, 0) is 9.68 Å². The van der Waals surface area contributed by atoms with Gasteiger partial charge in [-0.1, -0.05) is 0 Å². The predicted molar refractivity (Wildman–Crippen MR) is 58.9 cm³/mol. The lowest BCUT2D eigenvalue weighted by Crippen LogP contribution is -2.34. The van der Waals surface area contributed by atoms with Crippen LogP contribution < -0.4 is 5.56 Å². The standard InChI is InChI=1S/C9H11FN2O5S/c10-17-7-6(15)4(3-13)16-8(7)12-2-1-5(14)11-9(12)18/h1-2,4,6-8,13,15H,3H2,(H,11,14,18)/t4-,6?,7?,8-/m0/s1. The maximum atomic E-state index is 12.5. The van der Waals surface area contributed by atoms with E-state index in [2.05, 4.69) is 9.93 Å². The zero-order valence-electron chi connectivity index (χ0n) is 9.02. The molecule has 0 bridgehead atoms. The Balaban J connectivity index is 2.38. The monoisotopic (exact) mass is 278 g/mol. The Labute approximate surface area is 105 Å². The quantitative estimate of drug-likeness (QED) is 0.641. The van der Waals surface area contributed by atoms with Crippen LogP contribution in [0, 0.1) is 4.77 Å². The number of aromatic amines is 1. The Bertz CT molecular complexity index is 532. The van der Waals surface area contributed by atoms with Gasteiger partial charge >= 0.3 is 0 Å². The molecule has 1 aromatic heterocycles. The Morgan fingerprint density at radius 3 is 2.94 bits per heavy atom. The molecule has 3 N–H and O–H groups in total. The number of ether oxygens (including phenoxy) is 1. The van der Waals surface area contributed by atoms with E-state index in [1.165, 1.54) is 16.8 Å². The van der Waals surface area contributed by atoms with Gasteiger partial charge in [0.1, 0.15) is 12.2 Å². The van der Waals surface area contributed by atoms with E-state index in [0.717, 1.165) is 0 Å². The van der Waals surface area contributed by atoms with Crippen LogP contribution in [0.25, 0.3) is 0 Å². The van der Waals surface area contributed by atoms with Crippen LogP contribution in [0.2, 0.25) is 0 Å². The summed E-state index contributed by atoms with van der Waals surface area (Å²) in [5.41, 5.74) is -0.411. The number of hydrogen-bond donors (Lipinski definition) is 3. The predicted octanol–water partition coefficient (Wildman–Crippen LogP) is -0.574. The van der Waals surface area contributed by atoms with Crippen LogP contribution in [0.4, 0.5) is 4.53 Å². The minimum Gasteiger partial charge on any atom is -0.394 e. The Morgan fingerprint density at radius 2 is 2.39 bits per heavy atom. The van der Waals surface area contributed by atoms with E-state index in [4.69, 9.17) is 22.1 Å². The highest BCUT2D eigenvalue weighted by Crippen LogP contribution is 2.31. The van der Waals surface area contributed by atoms with Gasteiger partial charge in [-0.05, 0) is 16.7 Å². The summed E-state index contributed by atoms with van der Waals surface area (Å²) in [6, 6.07) is 1.17. The molecule has 0 radical (unpaired) electrons. The molecule has 0 saturated carbocycles. The molecular formula is C9H11FN2O5S. The van der Waals surface area contributed by atoms with Gasteiger partial charge in [-0.25, -0.2) is 0 Å². The van der Waals surface area contributed by atoms with E-state index in [0.29, 0.717) is 0 Å². The number of aromatic nitrogens is 2. The topological polar surface area (TPSA) is 96.7 Å². The first kappa shape index (κ1) is 13.3. The number of H-pyrrole nitrogens is 1. The van der Waals surface area contributed by atoms with Crippen molar-refractivity contribution in [2.75, 3.05) is 6.61 Å². The lowest BCUT2D eigenvalue weighted by Gasteiger charge is -2.18. The molecule has 0 aliphatic carbocycles. The molecule has 1 aliphatic rings. The van der Waals surface area contributed by atoms with Crippen molar-refractivity contribution in [2.45, 2.75) is 24.5 Å². The largest absolute Gasteiger partial charge is 0.394 e. The van der Waals surface area contributed by atoms with Gasteiger partial charge in [0.15, 0.2) is 17.1 Å². The second-order valence-electron chi connectivity index (χ2n) is 3.81. The molecule has 7 nitrogen and oxygen atoms in total. The average molecular weight is 278 g/mol. The highest BCUT2D eigenvalue weighted by molar-refractivity contribution is 7.71. The molecule has 9 heteroatoms. The molecule has 1 fully saturated rings. The summed E-state index contributed by atoms with van der Waals surface area (Å²) in [7, 11) is 0. The average Bonchev–Trinajstić information content (AvgIpc) is 2.65. The molecule has 18 heavy (non-hydrogen) atoms. The zero-order valence-corrected chi connectivity index (χ0v) is 9.84. The maximum Gasteiger partial charge on any atom is 0.251 e. The molecule has 0 aromatic carbocycles. The molecule has 1 aromatic rings. The van der Waals surface area contributed by atoms with E-state index in [1.54, 1.807) is 0 Å². The van der Waals surface area contributed by atoms with Crippen molar-refractivity contribution < 1.29 is 24.4 Å². The molecule has 1 aliphatic heterocycles. The number of aliphatic hydroxyl groups excluding tert-OH is 2. The fraction of sp³-hybridized carbons (Fsp3) is 0.556. The van der Waals surface area contributed by atoms with Crippen molar-refractivity contribution >= 4 is 12.2 Å². The molecule has 0 spiro atoms. The molecular weight excluding hydrogens is 267 g/mol. The highest BCUT2D eigenvalue weighted by Gasteiger charge is 2.46. The lowest BCUT2D eigenvalue weighted by molar-refractivity contribution is -0.221. The van der Waals surface area contributed by atoms with E-state index < -0.39 is 36.7 Å². The second-order valence-corrected chi connectivity index (χ2v) is 4.20. The molecule has 0 amide bonds. The van der Waals surface area contributed by atoms with Crippen LogP contribution in [-0.4, -0.2) is 44.7 Å².